The van der Waals surface area contributed by atoms with Crippen molar-refractivity contribution in [3.63, 3.8) is 0 Å². The topological polar surface area (TPSA) is 42.2 Å². The number of hydrogen-bond donors (Lipinski definition) is 1. The monoisotopic (exact) mass is 250 g/mol. The highest BCUT2D eigenvalue weighted by atomic mass is 15.2. The van der Waals surface area contributed by atoms with Crippen LogP contribution in [0, 0.1) is 0 Å². The number of pyridine rings is 1. The minimum atomic E-state index is 0.266. The highest BCUT2D eigenvalue weighted by molar-refractivity contribution is 5.42. The van der Waals surface area contributed by atoms with Gasteiger partial charge in [-0.05, 0) is 23.3 Å². The molecule has 1 atom stereocenters. The Kier molecular flexibility index (Phi) is 2.35. The van der Waals surface area contributed by atoms with Gasteiger partial charge in [-0.1, -0.05) is 30.3 Å². The van der Waals surface area contributed by atoms with Gasteiger partial charge >= 0.3 is 0 Å². The summed E-state index contributed by atoms with van der Waals surface area (Å²) in [6.07, 6.45) is 2.03. The average molecular weight is 250 g/mol. The van der Waals surface area contributed by atoms with Gasteiger partial charge in [-0.2, -0.15) is 0 Å². The lowest BCUT2D eigenvalue weighted by Crippen LogP contribution is -2.29. The van der Waals surface area contributed by atoms with Gasteiger partial charge in [0.05, 0.1) is 5.92 Å². The number of fused-ring (bicyclic) bond motifs is 2. The van der Waals surface area contributed by atoms with E-state index in [2.05, 4.69) is 44.2 Å². The minimum Gasteiger partial charge on any atom is -0.312 e. The molecule has 3 aromatic rings. The third kappa shape index (κ3) is 1.64. The largest absolute Gasteiger partial charge is 0.312 e. The fourth-order valence-electron chi connectivity index (χ4n) is 2.82. The maximum absolute atomic E-state index is 4.39. The summed E-state index contributed by atoms with van der Waals surface area (Å²) < 4.78 is 2.08. The lowest BCUT2D eigenvalue weighted by atomic mass is 9.90. The van der Waals surface area contributed by atoms with Crippen LogP contribution in [0.15, 0.2) is 48.7 Å². The summed E-state index contributed by atoms with van der Waals surface area (Å²) in [5, 5.41) is 12.1. The molecule has 0 radical (unpaired) electrons. The van der Waals surface area contributed by atoms with Crippen LogP contribution in [0.4, 0.5) is 0 Å². The molecule has 3 heterocycles. The molecule has 4 heteroatoms. The van der Waals surface area contributed by atoms with E-state index in [-0.39, 0.29) is 5.92 Å². The van der Waals surface area contributed by atoms with Crippen molar-refractivity contribution in [3.05, 3.63) is 65.6 Å². The van der Waals surface area contributed by atoms with Crippen LogP contribution in [0.5, 0.6) is 0 Å². The fourth-order valence-corrected chi connectivity index (χ4v) is 2.82. The third-order valence-corrected chi connectivity index (χ3v) is 3.75. The Balaban J connectivity index is 1.90. The number of nitrogens with zero attached hydrogens (tertiary/aromatic N) is 3. The van der Waals surface area contributed by atoms with Crippen molar-refractivity contribution >= 4 is 5.65 Å². The Morgan fingerprint density at radius 1 is 1.05 bits per heavy atom. The molecular weight excluding hydrogens is 236 g/mol. The Morgan fingerprint density at radius 2 is 1.95 bits per heavy atom. The van der Waals surface area contributed by atoms with Gasteiger partial charge in [0, 0.05) is 19.3 Å². The van der Waals surface area contributed by atoms with Gasteiger partial charge in [0.1, 0.15) is 5.82 Å². The molecule has 0 aliphatic carbocycles. The van der Waals surface area contributed by atoms with Crippen molar-refractivity contribution in [3.8, 4) is 0 Å². The molecule has 0 bridgehead atoms. The molecule has 4 nitrogen and oxygen atoms in total. The van der Waals surface area contributed by atoms with E-state index in [9.17, 15) is 0 Å². The summed E-state index contributed by atoms with van der Waals surface area (Å²) in [4.78, 5) is 0. The van der Waals surface area contributed by atoms with Crippen molar-refractivity contribution in [2.45, 2.75) is 12.5 Å². The van der Waals surface area contributed by atoms with Crippen LogP contribution in [-0.2, 0) is 6.54 Å². The quantitative estimate of drug-likeness (QED) is 0.718. The van der Waals surface area contributed by atoms with E-state index in [0.717, 1.165) is 24.6 Å². The molecule has 1 aliphatic heterocycles. The zero-order valence-electron chi connectivity index (χ0n) is 10.5. The van der Waals surface area contributed by atoms with Crippen LogP contribution < -0.4 is 5.32 Å². The van der Waals surface area contributed by atoms with Crippen molar-refractivity contribution in [2.24, 2.45) is 0 Å². The number of aromatic nitrogens is 3. The highest BCUT2D eigenvalue weighted by Crippen LogP contribution is 2.28. The summed E-state index contributed by atoms with van der Waals surface area (Å²) in [5.41, 5.74) is 3.62. The molecule has 19 heavy (non-hydrogen) atoms. The Morgan fingerprint density at radius 3 is 2.95 bits per heavy atom. The van der Waals surface area contributed by atoms with E-state index in [4.69, 9.17) is 0 Å². The molecule has 2 aromatic heterocycles. The van der Waals surface area contributed by atoms with Gasteiger partial charge < -0.3 is 5.32 Å². The van der Waals surface area contributed by atoms with Crippen LogP contribution in [-0.4, -0.2) is 21.1 Å². The minimum absolute atomic E-state index is 0.266. The smallest absolute Gasteiger partial charge is 0.160 e. The molecule has 0 saturated carbocycles. The van der Waals surface area contributed by atoms with Gasteiger partial charge in [0.25, 0.3) is 0 Å². The zero-order chi connectivity index (χ0) is 12.7. The molecular formula is C15H14N4. The second-order valence-electron chi connectivity index (χ2n) is 4.87. The molecule has 1 aromatic carbocycles. The highest BCUT2D eigenvalue weighted by Gasteiger charge is 2.25. The van der Waals surface area contributed by atoms with Crippen LogP contribution >= 0.6 is 0 Å². The fraction of sp³-hybridized carbons (Fsp3) is 0.200. The van der Waals surface area contributed by atoms with E-state index in [1.807, 2.05) is 24.4 Å². The van der Waals surface area contributed by atoms with E-state index >= 15 is 0 Å². The molecule has 0 amide bonds. The Labute approximate surface area is 111 Å². The molecule has 94 valence electrons. The van der Waals surface area contributed by atoms with E-state index in [0.29, 0.717) is 0 Å². The SMILES string of the molecule is c1ccc2c(c1)CNCC2c1nnc2ccccn12. The van der Waals surface area contributed by atoms with Gasteiger partial charge in [-0.3, -0.25) is 4.40 Å². The first-order valence-electron chi connectivity index (χ1n) is 6.51. The van der Waals surface area contributed by atoms with Crippen LogP contribution in [0.25, 0.3) is 5.65 Å². The molecule has 1 N–H and O–H groups in total. The maximum Gasteiger partial charge on any atom is 0.160 e. The summed E-state index contributed by atoms with van der Waals surface area (Å²) in [6, 6.07) is 14.6. The first kappa shape index (κ1) is 10.7. The Hall–Kier alpha value is -2.20. The van der Waals surface area contributed by atoms with E-state index in [1.165, 1.54) is 11.1 Å². The lowest BCUT2D eigenvalue weighted by molar-refractivity contribution is 0.568. The first-order valence-corrected chi connectivity index (χ1v) is 6.51. The number of benzene rings is 1. The predicted molar refractivity (Wildman–Crippen MR) is 73.0 cm³/mol. The van der Waals surface area contributed by atoms with E-state index in [1.54, 1.807) is 0 Å². The van der Waals surface area contributed by atoms with Gasteiger partial charge in [0.15, 0.2) is 5.65 Å². The van der Waals surface area contributed by atoms with Crippen molar-refractivity contribution in [1.29, 1.82) is 0 Å². The van der Waals surface area contributed by atoms with Crippen molar-refractivity contribution < 1.29 is 0 Å². The summed E-state index contributed by atoms with van der Waals surface area (Å²) >= 11 is 0. The summed E-state index contributed by atoms with van der Waals surface area (Å²) in [5.74, 6) is 1.28. The zero-order valence-corrected chi connectivity index (χ0v) is 10.5. The van der Waals surface area contributed by atoms with Crippen LogP contribution in [0.1, 0.15) is 22.9 Å². The van der Waals surface area contributed by atoms with Crippen LogP contribution in [0.2, 0.25) is 0 Å². The normalized spacial score (nSPS) is 18.4. The third-order valence-electron chi connectivity index (χ3n) is 3.75. The maximum atomic E-state index is 4.39. The number of nitrogens with one attached hydrogen (secondary N) is 1. The summed E-state index contributed by atoms with van der Waals surface area (Å²) in [6.45, 7) is 1.84. The molecule has 1 unspecified atom stereocenters. The van der Waals surface area contributed by atoms with E-state index < -0.39 is 0 Å². The average Bonchev–Trinajstić information content (AvgIpc) is 2.90. The van der Waals surface area contributed by atoms with Gasteiger partial charge in [-0.25, -0.2) is 0 Å². The number of rotatable bonds is 1. The summed E-state index contributed by atoms with van der Waals surface area (Å²) in [7, 11) is 0. The van der Waals surface area contributed by atoms with Gasteiger partial charge in [-0.15, -0.1) is 10.2 Å². The van der Waals surface area contributed by atoms with Crippen molar-refractivity contribution in [2.75, 3.05) is 6.54 Å². The van der Waals surface area contributed by atoms with Crippen molar-refractivity contribution in [1.82, 2.24) is 19.9 Å². The molecule has 0 fully saturated rings. The standard InChI is InChI=1S/C15H14N4/c1-2-6-12-11(5-1)9-16-10-13(12)15-18-17-14-7-3-4-8-19(14)15/h1-8,13,16H,9-10H2. The second kappa shape index (κ2) is 4.17. The first-order chi connectivity index (χ1) is 9.43. The van der Waals surface area contributed by atoms with Crippen LogP contribution in [0.3, 0.4) is 0 Å². The predicted octanol–water partition coefficient (Wildman–Crippen LogP) is 1.96. The Bertz CT molecular complexity index is 732. The lowest BCUT2D eigenvalue weighted by Gasteiger charge is -2.25. The second-order valence-corrected chi connectivity index (χ2v) is 4.87. The molecule has 0 saturated heterocycles. The molecule has 4 rings (SSSR count). The molecule has 0 spiro atoms. The molecule has 1 aliphatic rings. The number of hydrogen-bond acceptors (Lipinski definition) is 3. The van der Waals surface area contributed by atoms with Gasteiger partial charge in [0.2, 0.25) is 0 Å².